The normalized spacial score (nSPS) is 12.7. The highest BCUT2D eigenvalue weighted by Crippen LogP contribution is 2.20. The Bertz CT molecular complexity index is 642. The van der Waals surface area contributed by atoms with E-state index in [-0.39, 0.29) is 5.02 Å². The first-order valence-corrected chi connectivity index (χ1v) is 7.10. The minimum absolute atomic E-state index is 0.0560. The van der Waals surface area contributed by atoms with Gasteiger partial charge in [0.2, 0.25) is 0 Å². The molecule has 0 amide bonds. The van der Waals surface area contributed by atoms with Gasteiger partial charge < -0.3 is 10.4 Å². The third-order valence-electron chi connectivity index (χ3n) is 3.63. The van der Waals surface area contributed by atoms with Crippen molar-refractivity contribution in [2.45, 2.75) is 26.5 Å². The van der Waals surface area contributed by atoms with Crippen LogP contribution in [0.1, 0.15) is 28.6 Å². The second-order valence-corrected chi connectivity index (χ2v) is 5.50. The number of aryl methyl sites for hydroxylation is 2. The molecule has 114 valence electrons. The first kappa shape index (κ1) is 15.9. The van der Waals surface area contributed by atoms with Crippen LogP contribution < -0.4 is 5.32 Å². The molecule has 0 saturated carbocycles. The molecule has 4 nitrogen and oxygen atoms in total. The lowest BCUT2D eigenvalue weighted by atomic mass is 10.1. The van der Waals surface area contributed by atoms with Gasteiger partial charge in [-0.3, -0.25) is 4.68 Å². The minimum Gasteiger partial charge on any atom is -0.387 e. The van der Waals surface area contributed by atoms with Crippen LogP contribution >= 0.6 is 11.6 Å². The molecule has 1 aromatic carbocycles. The topological polar surface area (TPSA) is 50.1 Å². The summed E-state index contributed by atoms with van der Waals surface area (Å²) >= 11 is 5.63. The van der Waals surface area contributed by atoms with Crippen molar-refractivity contribution in [3.05, 3.63) is 51.6 Å². The molecule has 21 heavy (non-hydrogen) atoms. The summed E-state index contributed by atoms with van der Waals surface area (Å²) in [6.45, 7) is 4.89. The van der Waals surface area contributed by atoms with E-state index < -0.39 is 11.9 Å². The van der Waals surface area contributed by atoms with Crippen LogP contribution in [-0.2, 0) is 13.6 Å². The first-order valence-electron chi connectivity index (χ1n) is 6.73. The Morgan fingerprint density at radius 1 is 1.43 bits per heavy atom. The molecule has 1 atom stereocenters. The van der Waals surface area contributed by atoms with Crippen molar-refractivity contribution in [1.29, 1.82) is 0 Å². The van der Waals surface area contributed by atoms with Crippen LogP contribution in [0.15, 0.2) is 18.2 Å². The first-order chi connectivity index (χ1) is 9.90. The number of halogens is 2. The average Bonchev–Trinajstić information content (AvgIpc) is 2.68. The Hall–Kier alpha value is -1.43. The van der Waals surface area contributed by atoms with Crippen LogP contribution in [-0.4, -0.2) is 21.4 Å². The smallest absolute Gasteiger partial charge is 0.142 e. The molecular formula is C15H19ClFN3O. The van der Waals surface area contributed by atoms with Gasteiger partial charge in [0.25, 0.3) is 0 Å². The predicted octanol–water partition coefficient (Wildman–Crippen LogP) is 2.65. The molecule has 0 aliphatic carbocycles. The van der Waals surface area contributed by atoms with Gasteiger partial charge in [0.05, 0.1) is 16.8 Å². The third-order valence-corrected chi connectivity index (χ3v) is 3.93. The SMILES string of the molecule is Cc1nn(C)c(C)c1CNCC(O)c1ccc(Cl)c(F)c1. The number of hydrogen-bond donors (Lipinski definition) is 2. The fourth-order valence-electron chi connectivity index (χ4n) is 2.24. The van der Waals surface area contributed by atoms with E-state index >= 15 is 0 Å². The lowest BCUT2D eigenvalue weighted by Gasteiger charge is -2.13. The lowest BCUT2D eigenvalue weighted by molar-refractivity contribution is 0.174. The number of aromatic nitrogens is 2. The van der Waals surface area contributed by atoms with E-state index in [2.05, 4.69) is 10.4 Å². The van der Waals surface area contributed by atoms with E-state index in [0.29, 0.717) is 18.7 Å². The summed E-state index contributed by atoms with van der Waals surface area (Å²) in [7, 11) is 1.90. The molecule has 0 bridgehead atoms. The summed E-state index contributed by atoms with van der Waals surface area (Å²) in [6, 6.07) is 4.33. The number of benzene rings is 1. The number of aliphatic hydroxyl groups is 1. The quantitative estimate of drug-likeness (QED) is 0.892. The Morgan fingerprint density at radius 2 is 2.14 bits per heavy atom. The predicted molar refractivity (Wildman–Crippen MR) is 80.8 cm³/mol. The molecule has 1 unspecified atom stereocenters. The van der Waals surface area contributed by atoms with Crippen molar-refractivity contribution in [3.63, 3.8) is 0 Å². The molecule has 0 saturated heterocycles. The Labute approximate surface area is 128 Å². The zero-order valence-corrected chi connectivity index (χ0v) is 13.1. The molecule has 0 radical (unpaired) electrons. The van der Waals surface area contributed by atoms with Gasteiger partial charge >= 0.3 is 0 Å². The van der Waals surface area contributed by atoms with Gasteiger partial charge in [-0.2, -0.15) is 5.10 Å². The van der Waals surface area contributed by atoms with Crippen LogP contribution in [0.2, 0.25) is 5.02 Å². The van der Waals surface area contributed by atoms with Gasteiger partial charge in [0.1, 0.15) is 5.82 Å². The number of nitrogens with zero attached hydrogens (tertiary/aromatic N) is 2. The zero-order chi connectivity index (χ0) is 15.6. The molecule has 2 N–H and O–H groups in total. The molecule has 1 aromatic heterocycles. The van der Waals surface area contributed by atoms with Crippen LogP contribution in [0.5, 0.6) is 0 Å². The largest absolute Gasteiger partial charge is 0.387 e. The average molecular weight is 312 g/mol. The molecule has 1 heterocycles. The summed E-state index contributed by atoms with van der Waals surface area (Å²) in [5.41, 5.74) is 3.68. The maximum Gasteiger partial charge on any atom is 0.142 e. The second kappa shape index (κ2) is 6.56. The van der Waals surface area contributed by atoms with Gasteiger partial charge in [-0.15, -0.1) is 0 Å². The van der Waals surface area contributed by atoms with Gasteiger partial charge in [-0.1, -0.05) is 17.7 Å². The van der Waals surface area contributed by atoms with Crippen molar-refractivity contribution >= 4 is 11.6 Å². The molecular weight excluding hydrogens is 293 g/mol. The second-order valence-electron chi connectivity index (χ2n) is 5.09. The highest BCUT2D eigenvalue weighted by molar-refractivity contribution is 6.30. The highest BCUT2D eigenvalue weighted by Gasteiger charge is 2.12. The van der Waals surface area contributed by atoms with Gasteiger partial charge in [-0.25, -0.2) is 4.39 Å². The molecule has 0 aliphatic rings. The van der Waals surface area contributed by atoms with Crippen molar-refractivity contribution in [1.82, 2.24) is 15.1 Å². The Balaban J connectivity index is 1.95. The van der Waals surface area contributed by atoms with E-state index in [4.69, 9.17) is 11.6 Å². The van der Waals surface area contributed by atoms with E-state index in [1.165, 1.54) is 12.1 Å². The molecule has 0 aliphatic heterocycles. The fourth-order valence-corrected chi connectivity index (χ4v) is 2.36. The van der Waals surface area contributed by atoms with Crippen molar-refractivity contribution in [3.8, 4) is 0 Å². The lowest BCUT2D eigenvalue weighted by Crippen LogP contribution is -2.21. The maximum absolute atomic E-state index is 13.4. The summed E-state index contributed by atoms with van der Waals surface area (Å²) < 4.78 is 15.2. The van der Waals surface area contributed by atoms with E-state index in [0.717, 1.165) is 17.0 Å². The summed E-state index contributed by atoms with van der Waals surface area (Å²) in [5, 5.41) is 17.6. The number of hydrogen-bond acceptors (Lipinski definition) is 3. The molecule has 6 heteroatoms. The maximum atomic E-state index is 13.4. The highest BCUT2D eigenvalue weighted by atomic mass is 35.5. The summed E-state index contributed by atoms with van der Waals surface area (Å²) in [6.07, 6.45) is -0.783. The van der Waals surface area contributed by atoms with Gasteiger partial charge in [0, 0.05) is 31.4 Å². The minimum atomic E-state index is -0.783. The number of aliphatic hydroxyl groups excluding tert-OH is 1. The van der Waals surface area contributed by atoms with E-state index in [9.17, 15) is 9.50 Å². The van der Waals surface area contributed by atoms with Crippen molar-refractivity contribution in [2.75, 3.05) is 6.54 Å². The summed E-state index contributed by atoms with van der Waals surface area (Å²) in [4.78, 5) is 0. The monoisotopic (exact) mass is 311 g/mol. The van der Waals surface area contributed by atoms with Crippen LogP contribution in [0.3, 0.4) is 0 Å². The van der Waals surface area contributed by atoms with Crippen LogP contribution in [0.4, 0.5) is 4.39 Å². The molecule has 0 spiro atoms. The Kier molecular flexibility index (Phi) is 4.98. The van der Waals surface area contributed by atoms with Crippen LogP contribution in [0.25, 0.3) is 0 Å². The zero-order valence-electron chi connectivity index (χ0n) is 12.3. The third kappa shape index (κ3) is 3.61. The van der Waals surface area contributed by atoms with Gasteiger partial charge in [-0.05, 0) is 31.5 Å². The van der Waals surface area contributed by atoms with Crippen LogP contribution in [0, 0.1) is 19.7 Å². The van der Waals surface area contributed by atoms with E-state index in [1.807, 2.05) is 25.6 Å². The number of rotatable bonds is 5. The fraction of sp³-hybridized carbons (Fsp3) is 0.400. The van der Waals surface area contributed by atoms with Crippen molar-refractivity contribution < 1.29 is 9.50 Å². The van der Waals surface area contributed by atoms with E-state index in [1.54, 1.807) is 6.07 Å². The molecule has 2 rings (SSSR count). The standard InChI is InChI=1S/C15H19ClFN3O/c1-9-12(10(2)20(3)19-9)7-18-8-15(21)11-4-5-13(16)14(17)6-11/h4-6,15,18,21H,7-8H2,1-3H3. The Morgan fingerprint density at radius 3 is 2.71 bits per heavy atom. The number of nitrogens with one attached hydrogen (secondary N) is 1. The van der Waals surface area contributed by atoms with Crippen molar-refractivity contribution in [2.24, 2.45) is 7.05 Å². The summed E-state index contributed by atoms with van der Waals surface area (Å²) in [5.74, 6) is -0.521. The molecule has 0 fully saturated rings. The van der Waals surface area contributed by atoms with Gasteiger partial charge in [0.15, 0.2) is 0 Å². The molecule has 2 aromatic rings.